The Morgan fingerprint density at radius 2 is 1.37 bits per heavy atom. The van der Waals surface area contributed by atoms with E-state index in [1.54, 1.807) is 11.8 Å². The van der Waals surface area contributed by atoms with Crippen LogP contribution in [0, 0.1) is 0 Å². The van der Waals surface area contributed by atoms with Crippen LogP contribution in [0.4, 0.5) is 11.4 Å². The van der Waals surface area contributed by atoms with Gasteiger partial charge in [0, 0.05) is 19.0 Å². The van der Waals surface area contributed by atoms with Gasteiger partial charge < -0.3 is 9.80 Å². The molecule has 2 aromatic carbocycles. The molecule has 0 fully saturated rings. The first-order valence-electron chi connectivity index (χ1n) is 6.41. The number of hydrogen-bond acceptors (Lipinski definition) is 3. The highest BCUT2D eigenvalue weighted by Gasteiger charge is 2.31. The summed E-state index contributed by atoms with van der Waals surface area (Å²) in [6.45, 7) is 0. The standard InChI is InChI=1S/C16H18N2S/c1-17-14-6-4-5-7-15(14)18(2)16(17)12-8-10-13(19-3)11-9-12/h4-11,16H,1-3H3. The Morgan fingerprint density at radius 3 is 1.84 bits per heavy atom. The summed E-state index contributed by atoms with van der Waals surface area (Å²) in [5.74, 6) is 0. The smallest absolute Gasteiger partial charge is 0.128 e. The number of nitrogens with zero attached hydrogens (tertiary/aromatic N) is 2. The van der Waals surface area contributed by atoms with E-state index in [1.165, 1.54) is 21.8 Å². The van der Waals surface area contributed by atoms with Crippen LogP contribution in [0.3, 0.4) is 0 Å². The van der Waals surface area contributed by atoms with Gasteiger partial charge in [-0.05, 0) is 36.1 Å². The minimum absolute atomic E-state index is 0.285. The molecule has 3 rings (SSSR count). The van der Waals surface area contributed by atoms with E-state index in [0.29, 0.717) is 0 Å². The van der Waals surface area contributed by atoms with Crippen molar-refractivity contribution in [3.63, 3.8) is 0 Å². The first-order chi connectivity index (χ1) is 9.22. The number of thioether (sulfide) groups is 1. The summed E-state index contributed by atoms with van der Waals surface area (Å²) in [6.07, 6.45) is 2.40. The summed E-state index contributed by atoms with van der Waals surface area (Å²) < 4.78 is 0. The molecular weight excluding hydrogens is 252 g/mol. The van der Waals surface area contributed by atoms with E-state index in [2.05, 4.69) is 78.7 Å². The number of para-hydroxylation sites is 2. The lowest BCUT2D eigenvalue weighted by Crippen LogP contribution is -2.30. The van der Waals surface area contributed by atoms with Crippen LogP contribution in [-0.4, -0.2) is 20.4 Å². The van der Waals surface area contributed by atoms with Gasteiger partial charge in [0.15, 0.2) is 0 Å². The maximum Gasteiger partial charge on any atom is 0.128 e. The molecule has 0 aliphatic carbocycles. The van der Waals surface area contributed by atoms with E-state index in [-0.39, 0.29) is 6.17 Å². The molecule has 3 heteroatoms. The average Bonchev–Trinajstić information content (AvgIpc) is 2.72. The molecule has 0 radical (unpaired) electrons. The zero-order valence-electron chi connectivity index (χ0n) is 11.5. The van der Waals surface area contributed by atoms with E-state index in [9.17, 15) is 0 Å². The second kappa shape index (κ2) is 4.82. The maximum atomic E-state index is 2.34. The van der Waals surface area contributed by atoms with Crippen molar-refractivity contribution in [2.24, 2.45) is 0 Å². The first kappa shape index (κ1) is 12.4. The number of benzene rings is 2. The van der Waals surface area contributed by atoms with E-state index >= 15 is 0 Å². The molecule has 2 nitrogen and oxygen atoms in total. The predicted molar refractivity (Wildman–Crippen MR) is 84.2 cm³/mol. The van der Waals surface area contributed by atoms with Gasteiger partial charge in [-0.15, -0.1) is 11.8 Å². The summed E-state index contributed by atoms with van der Waals surface area (Å²) in [4.78, 5) is 5.98. The van der Waals surface area contributed by atoms with Crippen molar-refractivity contribution in [3.05, 3.63) is 54.1 Å². The van der Waals surface area contributed by atoms with Crippen LogP contribution in [0.5, 0.6) is 0 Å². The Kier molecular flexibility index (Phi) is 3.15. The molecule has 0 saturated heterocycles. The topological polar surface area (TPSA) is 6.48 Å². The highest BCUT2D eigenvalue weighted by molar-refractivity contribution is 7.98. The van der Waals surface area contributed by atoms with Gasteiger partial charge in [0.25, 0.3) is 0 Å². The van der Waals surface area contributed by atoms with Crippen LogP contribution in [0.2, 0.25) is 0 Å². The summed E-state index contributed by atoms with van der Waals surface area (Å²) in [6, 6.07) is 17.4. The third-order valence-corrected chi connectivity index (χ3v) is 4.53. The van der Waals surface area contributed by atoms with E-state index in [0.717, 1.165) is 0 Å². The van der Waals surface area contributed by atoms with Gasteiger partial charge in [0.1, 0.15) is 6.17 Å². The number of anilines is 2. The van der Waals surface area contributed by atoms with Crippen molar-refractivity contribution in [1.29, 1.82) is 0 Å². The average molecular weight is 270 g/mol. The van der Waals surface area contributed by atoms with E-state index < -0.39 is 0 Å². The number of rotatable bonds is 2. The summed E-state index contributed by atoms with van der Waals surface area (Å²) in [5.41, 5.74) is 3.92. The summed E-state index contributed by atoms with van der Waals surface area (Å²) in [5, 5.41) is 0. The van der Waals surface area contributed by atoms with Gasteiger partial charge >= 0.3 is 0 Å². The summed E-state index contributed by atoms with van der Waals surface area (Å²) in [7, 11) is 4.32. The molecule has 1 heterocycles. The Labute approximate surface area is 119 Å². The molecule has 2 aromatic rings. The van der Waals surface area contributed by atoms with Gasteiger partial charge in [-0.3, -0.25) is 0 Å². The number of hydrogen-bond donors (Lipinski definition) is 0. The third kappa shape index (κ3) is 1.98. The normalized spacial score (nSPS) is 14.9. The van der Waals surface area contributed by atoms with Crippen LogP contribution in [0.25, 0.3) is 0 Å². The lowest BCUT2D eigenvalue weighted by molar-refractivity contribution is 0.694. The highest BCUT2D eigenvalue weighted by atomic mass is 32.2. The molecule has 0 N–H and O–H groups in total. The SMILES string of the molecule is CSc1ccc(C2N(C)c3ccccc3N2C)cc1. The van der Waals surface area contributed by atoms with Gasteiger partial charge in [0.05, 0.1) is 11.4 Å². The molecule has 0 bridgehead atoms. The van der Waals surface area contributed by atoms with Gasteiger partial charge in [-0.1, -0.05) is 24.3 Å². The zero-order chi connectivity index (χ0) is 13.4. The van der Waals surface area contributed by atoms with Crippen molar-refractivity contribution in [1.82, 2.24) is 0 Å². The zero-order valence-corrected chi connectivity index (χ0v) is 12.3. The fourth-order valence-corrected chi connectivity index (χ4v) is 3.22. The molecule has 0 unspecified atom stereocenters. The Morgan fingerprint density at radius 1 is 0.842 bits per heavy atom. The quantitative estimate of drug-likeness (QED) is 0.762. The Hall–Kier alpha value is -1.61. The van der Waals surface area contributed by atoms with Crippen LogP contribution in [0.15, 0.2) is 53.4 Å². The fourth-order valence-electron chi connectivity index (χ4n) is 2.81. The lowest BCUT2D eigenvalue weighted by atomic mass is 10.1. The van der Waals surface area contributed by atoms with E-state index in [4.69, 9.17) is 0 Å². The Balaban J connectivity index is 1.98. The largest absolute Gasteiger partial charge is 0.349 e. The van der Waals surface area contributed by atoms with E-state index in [1.807, 2.05) is 0 Å². The van der Waals surface area contributed by atoms with Gasteiger partial charge in [0.2, 0.25) is 0 Å². The van der Waals surface area contributed by atoms with Crippen molar-refractivity contribution in [2.75, 3.05) is 30.2 Å². The molecular formula is C16H18N2S. The number of fused-ring (bicyclic) bond motifs is 1. The van der Waals surface area contributed by atoms with Crippen molar-refractivity contribution < 1.29 is 0 Å². The fraction of sp³-hybridized carbons (Fsp3) is 0.250. The van der Waals surface area contributed by atoms with Gasteiger partial charge in [-0.25, -0.2) is 0 Å². The van der Waals surface area contributed by atoms with Gasteiger partial charge in [-0.2, -0.15) is 0 Å². The minimum atomic E-state index is 0.285. The highest BCUT2D eigenvalue weighted by Crippen LogP contribution is 2.43. The summed E-state index contributed by atoms with van der Waals surface area (Å²) >= 11 is 1.78. The van der Waals surface area contributed by atoms with Crippen molar-refractivity contribution in [2.45, 2.75) is 11.1 Å². The molecule has 1 aliphatic rings. The molecule has 0 saturated carbocycles. The Bertz CT molecular complexity index is 551. The predicted octanol–water partition coefficient (Wildman–Crippen LogP) is 3.99. The minimum Gasteiger partial charge on any atom is -0.349 e. The molecule has 19 heavy (non-hydrogen) atoms. The monoisotopic (exact) mass is 270 g/mol. The molecule has 0 atom stereocenters. The van der Waals surface area contributed by atoms with Crippen LogP contribution in [0.1, 0.15) is 11.7 Å². The molecule has 98 valence electrons. The molecule has 0 amide bonds. The van der Waals surface area contributed by atoms with Crippen LogP contribution < -0.4 is 9.80 Å². The second-order valence-corrected chi connectivity index (χ2v) is 5.74. The molecule has 0 spiro atoms. The second-order valence-electron chi connectivity index (χ2n) is 4.86. The third-order valence-electron chi connectivity index (χ3n) is 3.79. The molecule has 0 aromatic heterocycles. The maximum absolute atomic E-state index is 2.34. The van der Waals surface area contributed by atoms with Crippen molar-refractivity contribution >= 4 is 23.1 Å². The van der Waals surface area contributed by atoms with Crippen LogP contribution in [-0.2, 0) is 0 Å². The first-order valence-corrected chi connectivity index (χ1v) is 7.63. The van der Waals surface area contributed by atoms with Crippen molar-refractivity contribution in [3.8, 4) is 0 Å². The van der Waals surface area contributed by atoms with Crippen LogP contribution >= 0.6 is 11.8 Å². The lowest BCUT2D eigenvalue weighted by Gasteiger charge is -2.28. The molecule has 1 aliphatic heterocycles.